The van der Waals surface area contributed by atoms with E-state index in [1.165, 1.54) is 4.70 Å². The molecule has 1 N–H and O–H groups in total. The van der Waals surface area contributed by atoms with Crippen molar-refractivity contribution in [1.29, 1.82) is 0 Å². The standard InChI is InChI=1S/C18H24N4O2S.ClH/c1-24-14-4-5-15-16(9-14)25-17(20-15)12-21-7-2-3-13(11-21)22-8-6-19-10-18(22)23;/h4-5,9,13,19H,2-3,6-8,10-12H2,1H3;1H. The molecule has 2 fully saturated rings. The van der Waals surface area contributed by atoms with Crippen LogP contribution in [0.15, 0.2) is 18.2 Å². The Labute approximate surface area is 163 Å². The summed E-state index contributed by atoms with van der Waals surface area (Å²) in [5.74, 6) is 1.11. The number of fused-ring (bicyclic) bond motifs is 1. The number of hydrogen-bond donors (Lipinski definition) is 1. The number of nitrogens with zero attached hydrogens (tertiary/aromatic N) is 3. The van der Waals surface area contributed by atoms with Crippen LogP contribution in [0.4, 0.5) is 0 Å². The summed E-state index contributed by atoms with van der Waals surface area (Å²) in [6.45, 7) is 5.11. The zero-order valence-corrected chi connectivity index (χ0v) is 16.6. The second kappa shape index (κ2) is 8.52. The van der Waals surface area contributed by atoms with Gasteiger partial charge in [-0.1, -0.05) is 0 Å². The van der Waals surface area contributed by atoms with Crippen molar-refractivity contribution in [2.24, 2.45) is 0 Å². The van der Waals surface area contributed by atoms with Gasteiger partial charge in [-0.3, -0.25) is 9.69 Å². The lowest BCUT2D eigenvalue weighted by molar-refractivity contribution is -0.135. The highest BCUT2D eigenvalue weighted by Crippen LogP contribution is 2.28. The SMILES string of the molecule is COc1ccc2nc(CN3CCCC(N4CCNCC4=O)C3)sc2c1.Cl. The van der Waals surface area contributed by atoms with Crippen molar-refractivity contribution in [1.82, 2.24) is 20.1 Å². The van der Waals surface area contributed by atoms with Crippen LogP contribution in [0, 0.1) is 0 Å². The van der Waals surface area contributed by atoms with E-state index in [0.29, 0.717) is 12.6 Å². The van der Waals surface area contributed by atoms with Crippen LogP contribution in [0.2, 0.25) is 0 Å². The van der Waals surface area contributed by atoms with Gasteiger partial charge in [0.25, 0.3) is 0 Å². The maximum Gasteiger partial charge on any atom is 0.236 e. The number of likely N-dealkylation sites (tertiary alicyclic amines) is 1. The summed E-state index contributed by atoms with van der Waals surface area (Å²) in [6, 6.07) is 6.37. The maximum absolute atomic E-state index is 12.2. The Hall–Kier alpha value is -1.41. The monoisotopic (exact) mass is 396 g/mol. The van der Waals surface area contributed by atoms with Crippen molar-refractivity contribution in [2.45, 2.75) is 25.4 Å². The lowest BCUT2D eigenvalue weighted by Crippen LogP contribution is -2.56. The largest absolute Gasteiger partial charge is 0.497 e. The highest BCUT2D eigenvalue weighted by molar-refractivity contribution is 7.18. The van der Waals surface area contributed by atoms with Crippen molar-refractivity contribution in [2.75, 3.05) is 39.8 Å². The lowest BCUT2D eigenvalue weighted by Gasteiger charge is -2.40. The molecular formula is C18H25ClN4O2S. The minimum Gasteiger partial charge on any atom is -0.497 e. The highest BCUT2D eigenvalue weighted by atomic mass is 35.5. The number of thiazole rings is 1. The van der Waals surface area contributed by atoms with Gasteiger partial charge in [0.1, 0.15) is 10.8 Å². The summed E-state index contributed by atoms with van der Waals surface area (Å²) in [5.41, 5.74) is 1.03. The van der Waals surface area contributed by atoms with E-state index in [1.807, 2.05) is 12.1 Å². The summed E-state index contributed by atoms with van der Waals surface area (Å²) in [5, 5.41) is 4.29. The van der Waals surface area contributed by atoms with Gasteiger partial charge in [-0.2, -0.15) is 0 Å². The number of piperidine rings is 1. The van der Waals surface area contributed by atoms with Crippen LogP contribution in [-0.2, 0) is 11.3 Å². The van der Waals surface area contributed by atoms with E-state index in [9.17, 15) is 4.79 Å². The molecular weight excluding hydrogens is 372 g/mol. The summed E-state index contributed by atoms with van der Waals surface area (Å²) < 4.78 is 6.47. The molecule has 8 heteroatoms. The molecule has 3 heterocycles. The number of rotatable bonds is 4. The molecule has 1 aromatic heterocycles. The summed E-state index contributed by atoms with van der Waals surface area (Å²) >= 11 is 1.73. The average Bonchev–Trinajstić information content (AvgIpc) is 3.03. The summed E-state index contributed by atoms with van der Waals surface area (Å²) in [6.07, 6.45) is 2.25. The minimum absolute atomic E-state index is 0. The van der Waals surface area contributed by atoms with Crippen LogP contribution < -0.4 is 10.1 Å². The quantitative estimate of drug-likeness (QED) is 0.857. The molecule has 0 bridgehead atoms. The molecule has 0 aliphatic carbocycles. The molecule has 26 heavy (non-hydrogen) atoms. The molecule has 2 saturated heterocycles. The Morgan fingerprint density at radius 3 is 3.08 bits per heavy atom. The first-order valence-corrected chi connectivity index (χ1v) is 9.70. The number of methoxy groups -OCH3 is 1. The molecule has 0 saturated carbocycles. The third-order valence-electron chi connectivity index (χ3n) is 5.05. The average molecular weight is 397 g/mol. The fourth-order valence-corrected chi connectivity index (χ4v) is 4.81. The van der Waals surface area contributed by atoms with E-state index >= 15 is 0 Å². The predicted octanol–water partition coefficient (Wildman–Crippen LogP) is 2.12. The van der Waals surface area contributed by atoms with E-state index in [0.717, 1.165) is 61.8 Å². The van der Waals surface area contributed by atoms with E-state index in [4.69, 9.17) is 9.72 Å². The first-order chi connectivity index (χ1) is 12.2. The number of carbonyl (C=O) groups is 1. The third-order valence-corrected chi connectivity index (χ3v) is 6.05. The third kappa shape index (κ3) is 4.11. The number of amides is 1. The van der Waals surface area contributed by atoms with Crippen molar-refractivity contribution in [3.05, 3.63) is 23.2 Å². The molecule has 0 spiro atoms. The van der Waals surface area contributed by atoms with Gasteiger partial charge >= 0.3 is 0 Å². The second-order valence-corrected chi connectivity index (χ2v) is 7.85. The molecule has 4 rings (SSSR count). The zero-order chi connectivity index (χ0) is 17.2. The topological polar surface area (TPSA) is 57.7 Å². The van der Waals surface area contributed by atoms with Crippen LogP contribution >= 0.6 is 23.7 Å². The molecule has 0 radical (unpaired) electrons. The van der Waals surface area contributed by atoms with Crippen molar-refractivity contribution >= 4 is 39.9 Å². The van der Waals surface area contributed by atoms with E-state index in [-0.39, 0.29) is 18.3 Å². The number of ether oxygens (including phenoxy) is 1. The van der Waals surface area contributed by atoms with Crippen molar-refractivity contribution in [3.8, 4) is 5.75 Å². The second-order valence-electron chi connectivity index (χ2n) is 6.74. The number of aromatic nitrogens is 1. The van der Waals surface area contributed by atoms with Crippen LogP contribution in [-0.4, -0.2) is 66.6 Å². The van der Waals surface area contributed by atoms with Gasteiger partial charge in [0.2, 0.25) is 5.91 Å². The van der Waals surface area contributed by atoms with Gasteiger partial charge in [-0.15, -0.1) is 23.7 Å². The summed E-state index contributed by atoms with van der Waals surface area (Å²) in [4.78, 5) is 21.4. The predicted molar refractivity (Wildman–Crippen MR) is 106 cm³/mol. The fraction of sp³-hybridized carbons (Fsp3) is 0.556. The van der Waals surface area contributed by atoms with Gasteiger partial charge in [-0.25, -0.2) is 4.98 Å². The smallest absolute Gasteiger partial charge is 0.236 e. The Balaban J connectivity index is 0.00000196. The Morgan fingerprint density at radius 2 is 2.27 bits per heavy atom. The Morgan fingerprint density at radius 1 is 1.38 bits per heavy atom. The van der Waals surface area contributed by atoms with Crippen LogP contribution in [0.3, 0.4) is 0 Å². The van der Waals surface area contributed by atoms with Gasteiger partial charge in [0.15, 0.2) is 0 Å². The number of hydrogen-bond acceptors (Lipinski definition) is 6. The molecule has 1 atom stereocenters. The molecule has 2 aromatic rings. The van der Waals surface area contributed by atoms with E-state index in [1.54, 1.807) is 18.4 Å². The van der Waals surface area contributed by atoms with Gasteiger partial charge in [0, 0.05) is 25.7 Å². The molecule has 1 amide bonds. The van der Waals surface area contributed by atoms with Crippen molar-refractivity contribution in [3.63, 3.8) is 0 Å². The molecule has 142 valence electrons. The van der Waals surface area contributed by atoms with Crippen LogP contribution in [0.1, 0.15) is 17.8 Å². The number of piperazine rings is 1. The van der Waals surface area contributed by atoms with Gasteiger partial charge in [-0.05, 0) is 37.6 Å². The Bertz CT molecular complexity index is 769. The maximum atomic E-state index is 12.2. The van der Waals surface area contributed by atoms with E-state index in [2.05, 4.69) is 21.2 Å². The first kappa shape index (κ1) is 19.4. The summed E-state index contributed by atoms with van der Waals surface area (Å²) in [7, 11) is 1.69. The van der Waals surface area contributed by atoms with Crippen LogP contribution in [0.25, 0.3) is 10.2 Å². The van der Waals surface area contributed by atoms with Crippen molar-refractivity contribution < 1.29 is 9.53 Å². The zero-order valence-electron chi connectivity index (χ0n) is 14.9. The van der Waals surface area contributed by atoms with Gasteiger partial charge in [0.05, 0.1) is 30.4 Å². The Kier molecular flexibility index (Phi) is 6.34. The number of benzene rings is 1. The van der Waals surface area contributed by atoms with E-state index < -0.39 is 0 Å². The normalized spacial score (nSPS) is 21.7. The number of halogens is 1. The molecule has 2 aliphatic rings. The van der Waals surface area contributed by atoms with Crippen LogP contribution in [0.5, 0.6) is 5.75 Å². The lowest BCUT2D eigenvalue weighted by atomic mass is 10.0. The minimum atomic E-state index is 0. The first-order valence-electron chi connectivity index (χ1n) is 8.89. The molecule has 1 unspecified atom stereocenters. The molecule has 2 aliphatic heterocycles. The van der Waals surface area contributed by atoms with Gasteiger partial charge < -0.3 is 15.0 Å². The molecule has 1 aromatic carbocycles. The molecule has 6 nitrogen and oxygen atoms in total. The number of nitrogens with one attached hydrogen (secondary N) is 1. The highest BCUT2D eigenvalue weighted by Gasteiger charge is 2.30. The number of carbonyl (C=O) groups excluding carboxylic acids is 1. The fourth-order valence-electron chi connectivity index (χ4n) is 3.77.